The quantitative estimate of drug-likeness (QED) is 0.338. The number of hydrogen-bond donors (Lipinski definition) is 0. The van der Waals surface area contributed by atoms with Crippen LogP contribution < -0.4 is 16.0 Å². The molecule has 0 saturated carbocycles. The SMILES string of the molecule is CCCn1c(=O)c2ccccc2n(Cc2nc(-c3ccccc3OCc3ccccc3)no2)c1=O. The number of fused-ring (bicyclic) bond motifs is 1. The fourth-order valence-electron chi connectivity index (χ4n) is 4.02. The number of hydrogen-bond acceptors (Lipinski definition) is 6. The molecule has 0 spiro atoms. The number of nitrogens with zero attached hydrogens (tertiary/aromatic N) is 4. The van der Waals surface area contributed by atoms with Crippen molar-refractivity contribution in [1.29, 1.82) is 0 Å². The van der Waals surface area contributed by atoms with Gasteiger partial charge in [-0.2, -0.15) is 4.98 Å². The van der Waals surface area contributed by atoms with E-state index in [0.717, 1.165) is 5.56 Å². The molecule has 0 aliphatic heterocycles. The number of benzene rings is 3. The monoisotopic (exact) mass is 468 g/mol. The van der Waals surface area contributed by atoms with Crippen LogP contribution in [0.1, 0.15) is 24.8 Å². The molecule has 0 bridgehead atoms. The van der Waals surface area contributed by atoms with Crippen molar-refractivity contribution >= 4 is 10.9 Å². The molecule has 176 valence electrons. The van der Waals surface area contributed by atoms with Crippen molar-refractivity contribution in [3.63, 3.8) is 0 Å². The Kier molecular flexibility index (Phi) is 6.26. The zero-order valence-corrected chi connectivity index (χ0v) is 19.3. The molecule has 8 nitrogen and oxygen atoms in total. The summed E-state index contributed by atoms with van der Waals surface area (Å²) >= 11 is 0. The third kappa shape index (κ3) is 4.50. The van der Waals surface area contributed by atoms with Gasteiger partial charge in [0.1, 0.15) is 18.9 Å². The summed E-state index contributed by atoms with van der Waals surface area (Å²) in [4.78, 5) is 30.5. The van der Waals surface area contributed by atoms with Gasteiger partial charge in [-0.25, -0.2) is 4.79 Å². The van der Waals surface area contributed by atoms with Gasteiger partial charge in [-0.05, 0) is 36.2 Å². The third-order valence-corrected chi connectivity index (χ3v) is 5.71. The van der Waals surface area contributed by atoms with Gasteiger partial charge in [-0.1, -0.05) is 66.7 Å². The standard InChI is InChI=1S/C27H24N4O4/c1-2-16-30-26(32)20-12-6-8-14-22(20)31(27(30)33)17-24-28-25(29-35-24)21-13-7-9-15-23(21)34-18-19-10-4-3-5-11-19/h3-15H,2,16-18H2,1H3. The molecule has 0 unspecified atom stereocenters. The Morgan fingerprint density at radius 3 is 2.46 bits per heavy atom. The highest BCUT2D eigenvalue weighted by Crippen LogP contribution is 2.28. The summed E-state index contributed by atoms with van der Waals surface area (Å²) < 4.78 is 14.3. The topological polar surface area (TPSA) is 92.2 Å². The molecule has 35 heavy (non-hydrogen) atoms. The molecule has 0 radical (unpaired) electrons. The van der Waals surface area contributed by atoms with Crippen LogP contribution in [-0.2, 0) is 19.7 Å². The Balaban J connectivity index is 1.47. The van der Waals surface area contributed by atoms with Gasteiger partial charge < -0.3 is 9.26 Å². The second-order valence-electron chi connectivity index (χ2n) is 8.12. The van der Waals surface area contributed by atoms with Gasteiger partial charge in [-0.15, -0.1) is 0 Å². The lowest BCUT2D eigenvalue weighted by Gasteiger charge is -2.12. The fraction of sp³-hybridized carbons (Fsp3) is 0.185. The molecule has 0 N–H and O–H groups in total. The van der Waals surface area contributed by atoms with Crippen molar-refractivity contribution < 1.29 is 9.26 Å². The molecule has 0 aliphatic carbocycles. The van der Waals surface area contributed by atoms with Crippen LogP contribution in [0.2, 0.25) is 0 Å². The van der Waals surface area contributed by atoms with E-state index in [1.165, 1.54) is 9.13 Å². The van der Waals surface area contributed by atoms with E-state index in [1.54, 1.807) is 24.3 Å². The zero-order valence-electron chi connectivity index (χ0n) is 19.3. The van der Waals surface area contributed by atoms with Crippen molar-refractivity contribution in [2.45, 2.75) is 33.0 Å². The second kappa shape index (κ2) is 9.80. The summed E-state index contributed by atoms with van der Waals surface area (Å²) in [6.45, 7) is 2.71. The summed E-state index contributed by atoms with van der Waals surface area (Å²) in [5, 5.41) is 4.61. The van der Waals surface area contributed by atoms with Crippen LogP contribution in [0.4, 0.5) is 0 Å². The zero-order chi connectivity index (χ0) is 24.2. The normalized spacial score (nSPS) is 11.1. The predicted octanol–water partition coefficient (Wildman–Crippen LogP) is 4.25. The van der Waals surface area contributed by atoms with E-state index in [4.69, 9.17) is 9.26 Å². The van der Waals surface area contributed by atoms with Crippen LogP contribution in [0.15, 0.2) is 93.0 Å². The van der Waals surface area contributed by atoms with E-state index in [9.17, 15) is 9.59 Å². The minimum atomic E-state index is -0.401. The van der Waals surface area contributed by atoms with Gasteiger partial charge in [0.25, 0.3) is 5.56 Å². The lowest BCUT2D eigenvalue weighted by Crippen LogP contribution is -2.40. The maximum atomic E-state index is 13.2. The van der Waals surface area contributed by atoms with Gasteiger partial charge in [0.15, 0.2) is 0 Å². The molecular weight excluding hydrogens is 444 g/mol. The first-order chi connectivity index (χ1) is 17.2. The van der Waals surface area contributed by atoms with Crippen LogP contribution >= 0.6 is 0 Å². The van der Waals surface area contributed by atoms with Crippen LogP contribution in [-0.4, -0.2) is 19.3 Å². The van der Waals surface area contributed by atoms with E-state index in [2.05, 4.69) is 10.1 Å². The van der Waals surface area contributed by atoms with Gasteiger partial charge in [0.05, 0.1) is 16.5 Å². The van der Waals surface area contributed by atoms with E-state index >= 15 is 0 Å². The van der Waals surface area contributed by atoms with Gasteiger partial charge >= 0.3 is 5.69 Å². The van der Waals surface area contributed by atoms with E-state index in [1.807, 2.05) is 61.5 Å². The first-order valence-corrected chi connectivity index (χ1v) is 11.5. The lowest BCUT2D eigenvalue weighted by molar-refractivity contribution is 0.307. The first kappa shape index (κ1) is 22.3. The molecule has 0 amide bonds. The summed E-state index contributed by atoms with van der Waals surface area (Å²) in [6, 6.07) is 24.4. The van der Waals surface area contributed by atoms with Crippen molar-refractivity contribution in [3.05, 3.63) is 111 Å². The highest BCUT2D eigenvalue weighted by atomic mass is 16.5. The summed E-state index contributed by atoms with van der Waals surface area (Å²) in [6.07, 6.45) is 0.665. The van der Waals surface area contributed by atoms with Gasteiger partial charge in [-0.3, -0.25) is 13.9 Å². The molecule has 0 aliphatic rings. The highest BCUT2D eigenvalue weighted by Gasteiger charge is 2.17. The van der Waals surface area contributed by atoms with Crippen LogP contribution in [0.5, 0.6) is 5.75 Å². The number of rotatable bonds is 8. The molecule has 2 aromatic heterocycles. The predicted molar refractivity (Wildman–Crippen MR) is 132 cm³/mol. The Hall–Kier alpha value is -4.46. The van der Waals surface area contributed by atoms with E-state index in [-0.39, 0.29) is 18.0 Å². The Labute approximate surface area is 201 Å². The van der Waals surface area contributed by atoms with Gasteiger partial charge in [0.2, 0.25) is 11.7 Å². The molecule has 3 aromatic carbocycles. The van der Waals surface area contributed by atoms with Crippen molar-refractivity contribution in [2.75, 3.05) is 0 Å². The minimum absolute atomic E-state index is 0.0450. The number of para-hydroxylation sites is 2. The number of aromatic nitrogens is 4. The molecule has 8 heteroatoms. The molecule has 2 heterocycles. The molecule has 5 aromatic rings. The fourth-order valence-corrected chi connectivity index (χ4v) is 4.02. The molecule has 0 atom stereocenters. The molecule has 0 saturated heterocycles. The third-order valence-electron chi connectivity index (χ3n) is 5.71. The number of ether oxygens (including phenoxy) is 1. The largest absolute Gasteiger partial charge is 0.488 e. The maximum Gasteiger partial charge on any atom is 0.331 e. The smallest absolute Gasteiger partial charge is 0.331 e. The highest BCUT2D eigenvalue weighted by molar-refractivity contribution is 5.77. The summed E-state index contributed by atoms with van der Waals surface area (Å²) in [5.74, 6) is 1.25. The second-order valence-corrected chi connectivity index (χ2v) is 8.12. The average Bonchev–Trinajstić information content (AvgIpc) is 3.37. The van der Waals surface area contributed by atoms with Crippen molar-refractivity contribution in [3.8, 4) is 17.1 Å². The van der Waals surface area contributed by atoms with Gasteiger partial charge in [0, 0.05) is 6.54 Å². The van der Waals surface area contributed by atoms with Crippen LogP contribution in [0.3, 0.4) is 0 Å². The molecular formula is C27H24N4O4. The van der Waals surface area contributed by atoms with E-state index < -0.39 is 5.69 Å². The lowest BCUT2D eigenvalue weighted by atomic mass is 10.2. The maximum absolute atomic E-state index is 13.2. The first-order valence-electron chi connectivity index (χ1n) is 11.5. The van der Waals surface area contributed by atoms with E-state index in [0.29, 0.717) is 47.6 Å². The Morgan fingerprint density at radius 2 is 1.63 bits per heavy atom. The van der Waals surface area contributed by atoms with Crippen molar-refractivity contribution in [2.24, 2.45) is 0 Å². The Morgan fingerprint density at radius 1 is 0.886 bits per heavy atom. The van der Waals surface area contributed by atoms with Crippen molar-refractivity contribution in [1.82, 2.24) is 19.3 Å². The molecule has 5 rings (SSSR count). The Bertz CT molecular complexity index is 1580. The summed E-state index contributed by atoms with van der Waals surface area (Å²) in [5.41, 5.74) is 1.57. The molecule has 0 fully saturated rings. The van der Waals surface area contributed by atoms with Crippen LogP contribution in [0.25, 0.3) is 22.3 Å². The summed E-state index contributed by atoms with van der Waals surface area (Å²) in [7, 11) is 0. The average molecular weight is 469 g/mol. The van der Waals surface area contributed by atoms with Crippen LogP contribution in [0, 0.1) is 0 Å². The minimum Gasteiger partial charge on any atom is -0.488 e.